The van der Waals surface area contributed by atoms with Crippen LogP contribution in [0.2, 0.25) is 0 Å². The van der Waals surface area contributed by atoms with Crippen LogP contribution in [0.1, 0.15) is 11.1 Å². The number of rotatable bonds is 8. The normalized spacial score (nSPS) is 18.5. The van der Waals surface area contributed by atoms with Crippen LogP contribution in [0.4, 0.5) is 11.4 Å². The molecule has 3 aromatic carbocycles. The minimum Gasteiger partial charge on any atom is -0.495 e. The van der Waals surface area contributed by atoms with Crippen molar-refractivity contribution in [3.63, 3.8) is 0 Å². The number of hydrogen-bond donors (Lipinski definition) is 1. The fraction of sp³-hybridized carbons (Fsp3) is 0.367. The summed E-state index contributed by atoms with van der Waals surface area (Å²) in [7, 11) is 4.97. The summed E-state index contributed by atoms with van der Waals surface area (Å²) < 4.78 is 16.4. The van der Waals surface area contributed by atoms with E-state index in [9.17, 15) is 4.79 Å². The first kappa shape index (κ1) is 24.8. The minimum absolute atomic E-state index is 0.0784. The molecule has 1 N–H and O–H groups in total. The Bertz CT molecular complexity index is 1250. The minimum atomic E-state index is -0.141. The first-order valence-corrected chi connectivity index (χ1v) is 12.8. The van der Waals surface area contributed by atoms with Crippen molar-refractivity contribution in [3.8, 4) is 17.2 Å². The van der Waals surface area contributed by atoms with E-state index in [1.165, 1.54) is 11.3 Å². The molecule has 0 aliphatic carbocycles. The number of anilines is 2. The molecule has 0 saturated carbocycles. The average Bonchev–Trinajstić information content (AvgIpc) is 2.96. The smallest absolute Gasteiger partial charge is 0.225 e. The second kappa shape index (κ2) is 11.0. The van der Waals surface area contributed by atoms with E-state index in [0.29, 0.717) is 18.0 Å². The predicted octanol–water partition coefficient (Wildman–Crippen LogP) is 3.94. The molecule has 5 rings (SSSR count). The Hall–Kier alpha value is -3.87. The summed E-state index contributed by atoms with van der Waals surface area (Å²) in [6.45, 7) is 3.06. The first-order valence-electron chi connectivity index (χ1n) is 12.8. The van der Waals surface area contributed by atoms with Crippen LogP contribution in [-0.2, 0) is 17.6 Å². The van der Waals surface area contributed by atoms with Crippen molar-refractivity contribution in [1.82, 2.24) is 5.32 Å². The predicted molar refractivity (Wildman–Crippen MR) is 146 cm³/mol. The highest BCUT2D eigenvalue weighted by Gasteiger charge is 2.41. The molecule has 194 valence electrons. The maximum absolute atomic E-state index is 13.6. The Morgan fingerprint density at radius 2 is 1.59 bits per heavy atom. The molecule has 2 aliphatic rings. The van der Waals surface area contributed by atoms with E-state index in [1.807, 2.05) is 36.4 Å². The average molecular weight is 502 g/mol. The SMILES string of the molecule is COc1ccc(CCNC(=O)C2Cc3ccccc3N3CCN(c4ccccc4OC)CC23)cc1OC. The number of methoxy groups -OCH3 is 3. The quantitative estimate of drug-likeness (QED) is 0.505. The summed E-state index contributed by atoms with van der Waals surface area (Å²) in [6, 6.07) is 22.6. The van der Waals surface area contributed by atoms with Crippen LogP contribution in [0, 0.1) is 5.92 Å². The molecular formula is C30H35N3O4. The number of nitrogens with zero attached hydrogens (tertiary/aromatic N) is 2. The lowest BCUT2D eigenvalue weighted by Gasteiger charge is -2.49. The van der Waals surface area contributed by atoms with Gasteiger partial charge in [-0.2, -0.15) is 0 Å². The van der Waals surface area contributed by atoms with Gasteiger partial charge in [0.2, 0.25) is 5.91 Å². The van der Waals surface area contributed by atoms with E-state index >= 15 is 0 Å². The zero-order valence-corrected chi connectivity index (χ0v) is 21.8. The van der Waals surface area contributed by atoms with Crippen molar-refractivity contribution in [2.75, 3.05) is 57.3 Å². The highest BCUT2D eigenvalue weighted by atomic mass is 16.5. The second-order valence-electron chi connectivity index (χ2n) is 9.55. The highest BCUT2D eigenvalue weighted by molar-refractivity contribution is 5.82. The summed E-state index contributed by atoms with van der Waals surface area (Å²) in [5, 5.41) is 3.23. The molecule has 2 heterocycles. The Kier molecular flexibility index (Phi) is 7.40. The second-order valence-corrected chi connectivity index (χ2v) is 9.55. The van der Waals surface area contributed by atoms with Crippen molar-refractivity contribution in [1.29, 1.82) is 0 Å². The monoisotopic (exact) mass is 501 g/mol. The third-order valence-corrected chi connectivity index (χ3v) is 7.55. The molecule has 37 heavy (non-hydrogen) atoms. The van der Waals surface area contributed by atoms with Crippen molar-refractivity contribution < 1.29 is 19.0 Å². The largest absolute Gasteiger partial charge is 0.495 e. The Balaban J connectivity index is 1.32. The number of piperazine rings is 1. The number of nitrogens with one attached hydrogen (secondary N) is 1. The molecule has 0 spiro atoms. The van der Waals surface area contributed by atoms with Crippen LogP contribution < -0.4 is 29.3 Å². The number of benzene rings is 3. The number of carbonyl (C=O) groups excluding carboxylic acids is 1. The van der Waals surface area contributed by atoms with Gasteiger partial charge in [0.15, 0.2) is 11.5 Å². The molecule has 2 aliphatic heterocycles. The van der Waals surface area contributed by atoms with Gasteiger partial charge in [0.1, 0.15) is 5.75 Å². The van der Waals surface area contributed by atoms with Gasteiger partial charge < -0.3 is 29.3 Å². The molecule has 2 unspecified atom stereocenters. The van der Waals surface area contributed by atoms with Crippen LogP contribution >= 0.6 is 0 Å². The lowest BCUT2D eigenvalue weighted by molar-refractivity contribution is -0.125. The topological polar surface area (TPSA) is 63.3 Å². The molecule has 0 bridgehead atoms. The molecule has 7 heteroatoms. The van der Waals surface area contributed by atoms with E-state index in [2.05, 4.69) is 45.4 Å². The third-order valence-electron chi connectivity index (χ3n) is 7.55. The fourth-order valence-electron chi connectivity index (χ4n) is 5.66. The van der Waals surface area contributed by atoms with Crippen LogP contribution in [0.15, 0.2) is 66.7 Å². The van der Waals surface area contributed by atoms with E-state index in [1.54, 1.807) is 21.3 Å². The number of hydrogen-bond acceptors (Lipinski definition) is 6. The van der Waals surface area contributed by atoms with Gasteiger partial charge >= 0.3 is 0 Å². The number of carbonyl (C=O) groups is 1. The Morgan fingerprint density at radius 1 is 0.865 bits per heavy atom. The van der Waals surface area contributed by atoms with E-state index in [0.717, 1.165) is 49.5 Å². The molecule has 2 atom stereocenters. The van der Waals surface area contributed by atoms with Crippen molar-refractivity contribution in [2.24, 2.45) is 5.92 Å². The standard InChI is InChI=1S/C30H35N3O4/c1-35-27-11-7-6-10-25(27)32-16-17-33-24-9-5-4-8-22(24)19-23(26(33)20-32)30(34)31-15-14-21-12-13-28(36-2)29(18-21)37-3/h4-13,18,23,26H,14-17,19-20H2,1-3H3,(H,31,34). The van der Waals surface area contributed by atoms with Crippen LogP contribution in [-0.4, -0.2) is 59.5 Å². The highest BCUT2D eigenvalue weighted by Crippen LogP contribution is 2.38. The molecule has 7 nitrogen and oxygen atoms in total. The molecule has 0 radical (unpaired) electrons. The van der Waals surface area contributed by atoms with Gasteiger partial charge in [-0.15, -0.1) is 0 Å². The first-order chi connectivity index (χ1) is 18.1. The third kappa shape index (κ3) is 5.03. The molecule has 3 aromatic rings. The Morgan fingerprint density at radius 3 is 2.38 bits per heavy atom. The van der Waals surface area contributed by atoms with Crippen LogP contribution in [0.25, 0.3) is 0 Å². The number of amides is 1. The maximum Gasteiger partial charge on any atom is 0.225 e. The van der Waals surface area contributed by atoms with Gasteiger partial charge in [-0.05, 0) is 54.3 Å². The van der Waals surface area contributed by atoms with Crippen molar-refractivity contribution in [3.05, 3.63) is 77.9 Å². The van der Waals surface area contributed by atoms with Gasteiger partial charge in [-0.1, -0.05) is 36.4 Å². The summed E-state index contributed by atoms with van der Waals surface area (Å²) in [5.74, 6) is 2.23. The number of fused-ring (bicyclic) bond motifs is 3. The van der Waals surface area contributed by atoms with Gasteiger partial charge in [-0.25, -0.2) is 0 Å². The van der Waals surface area contributed by atoms with Crippen molar-refractivity contribution in [2.45, 2.75) is 18.9 Å². The zero-order valence-electron chi connectivity index (χ0n) is 21.8. The Labute approximate surface area is 218 Å². The van der Waals surface area contributed by atoms with Crippen molar-refractivity contribution >= 4 is 17.3 Å². The molecule has 1 fully saturated rings. The number of para-hydroxylation sites is 3. The van der Waals surface area contributed by atoms with E-state index < -0.39 is 0 Å². The summed E-state index contributed by atoms with van der Waals surface area (Å²) in [6.07, 6.45) is 1.45. The zero-order chi connectivity index (χ0) is 25.8. The van der Waals surface area contributed by atoms with Gasteiger partial charge in [0.05, 0.1) is 39.0 Å². The van der Waals surface area contributed by atoms with Crippen LogP contribution in [0.3, 0.4) is 0 Å². The summed E-state index contributed by atoms with van der Waals surface area (Å²) in [4.78, 5) is 18.4. The van der Waals surface area contributed by atoms with Gasteiger partial charge in [0.25, 0.3) is 0 Å². The summed E-state index contributed by atoms with van der Waals surface area (Å²) >= 11 is 0. The van der Waals surface area contributed by atoms with Crippen LogP contribution in [0.5, 0.6) is 17.2 Å². The maximum atomic E-state index is 13.6. The molecule has 1 saturated heterocycles. The molecule has 1 amide bonds. The fourth-order valence-corrected chi connectivity index (χ4v) is 5.66. The molecular weight excluding hydrogens is 466 g/mol. The van der Waals surface area contributed by atoms with E-state index in [4.69, 9.17) is 14.2 Å². The number of ether oxygens (including phenoxy) is 3. The van der Waals surface area contributed by atoms with Gasteiger partial charge in [-0.3, -0.25) is 4.79 Å². The van der Waals surface area contributed by atoms with Gasteiger partial charge in [0, 0.05) is 31.9 Å². The molecule has 0 aromatic heterocycles. The summed E-state index contributed by atoms with van der Waals surface area (Å²) in [5.41, 5.74) is 4.66. The lowest BCUT2D eigenvalue weighted by atomic mass is 9.83. The van der Waals surface area contributed by atoms with E-state index in [-0.39, 0.29) is 17.9 Å². The lowest BCUT2D eigenvalue weighted by Crippen LogP contribution is -2.61.